The lowest BCUT2D eigenvalue weighted by molar-refractivity contribution is -0.134. The van der Waals surface area contributed by atoms with Gasteiger partial charge in [0.1, 0.15) is 17.8 Å². The van der Waals surface area contributed by atoms with Crippen LogP contribution in [0.15, 0.2) is 48.5 Å². The maximum Gasteiger partial charge on any atom is 0.325 e. The van der Waals surface area contributed by atoms with Crippen molar-refractivity contribution < 1.29 is 23.9 Å². The van der Waals surface area contributed by atoms with E-state index >= 15 is 0 Å². The lowest BCUT2D eigenvalue weighted by Crippen LogP contribution is -2.44. The Labute approximate surface area is 190 Å². The number of amides is 5. The average molecular weight is 459 g/mol. The van der Waals surface area contributed by atoms with Gasteiger partial charge in [-0.25, -0.2) is 4.79 Å². The van der Waals surface area contributed by atoms with Crippen LogP contribution in [0.4, 0.5) is 4.79 Å². The van der Waals surface area contributed by atoms with Crippen LogP contribution < -0.4 is 20.7 Å². The number of benzene rings is 2. The second kappa shape index (κ2) is 9.69. The molecule has 1 aliphatic heterocycles. The van der Waals surface area contributed by atoms with Crippen molar-refractivity contribution >= 4 is 35.4 Å². The molecule has 0 bridgehead atoms. The summed E-state index contributed by atoms with van der Waals surface area (Å²) in [5.74, 6) is -0.735. The standard InChI is InChI=1S/C22H23ClN4O5/c1-22(15-5-9-17(32-2)10-6-15)20(30)27(21(31)26-22)13-18(28)24-11-12-25-19(29)14-3-7-16(23)8-4-14/h3-10H,11-13H2,1-2H3,(H,24,28)(H,25,29)(H,26,31). The van der Waals surface area contributed by atoms with Gasteiger partial charge in [-0.1, -0.05) is 23.7 Å². The number of rotatable bonds is 8. The summed E-state index contributed by atoms with van der Waals surface area (Å²) in [5.41, 5.74) is -0.265. The zero-order chi connectivity index (χ0) is 23.3. The first-order valence-corrected chi connectivity index (χ1v) is 10.2. The quantitative estimate of drug-likeness (QED) is 0.411. The van der Waals surface area contributed by atoms with Gasteiger partial charge >= 0.3 is 6.03 Å². The van der Waals surface area contributed by atoms with Crippen molar-refractivity contribution in [3.05, 3.63) is 64.7 Å². The average Bonchev–Trinajstić information content (AvgIpc) is 3.01. The van der Waals surface area contributed by atoms with Crippen molar-refractivity contribution in [3.63, 3.8) is 0 Å². The molecule has 0 aromatic heterocycles. The second-order valence-electron chi connectivity index (χ2n) is 7.29. The van der Waals surface area contributed by atoms with E-state index in [0.29, 0.717) is 21.9 Å². The third kappa shape index (κ3) is 5.00. The summed E-state index contributed by atoms with van der Waals surface area (Å²) in [6, 6.07) is 12.5. The smallest absolute Gasteiger partial charge is 0.325 e. The Balaban J connectivity index is 1.50. The fourth-order valence-electron chi connectivity index (χ4n) is 3.24. The number of halogens is 1. The van der Waals surface area contributed by atoms with Crippen LogP contribution >= 0.6 is 11.6 Å². The molecule has 10 heteroatoms. The van der Waals surface area contributed by atoms with Crippen LogP contribution in [-0.4, -0.2) is 55.4 Å². The topological polar surface area (TPSA) is 117 Å². The Morgan fingerprint density at radius 3 is 2.28 bits per heavy atom. The molecule has 1 atom stereocenters. The molecule has 1 aliphatic rings. The SMILES string of the molecule is COc1ccc(C2(C)NC(=O)N(CC(=O)NCCNC(=O)c3ccc(Cl)cc3)C2=O)cc1. The molecular formula is C22H23ClN4O5. The molecule has 5 amide bonds. The van der Waals surface area contributed by atoms with E-state index in [-0.39, 0.29) is 19.0 Å². The first-order chi connectivity index (χ1) is 15.2. The lowest BCUT2D eigenvalue weighted by atomic mass is 9.92. The molecule has 1 fully saturated rings. The van der Waals surface area contributed by atoms with Gasteiger partial charge in [0.15, 0.2) is 0 Å². The fourth-order valence-corrected chi connectivity index (χ4v) is 3.37. The van der Waals surface area contributed by atoms with Gasteiger partial charge in [-0.2, -0.15) is 0 Å². The van der Waals surface area contributed by atoms with Crippen LogP contribution in [0.2, 0.25) is 5.02 Å². The zero-order valence-electron chi connectivity index (χ0n) is 17.6. The van der Waals surface area contributed by atoms with E-state index in [9.17, 15) is 19.2 Å². The highest BCUT2D eigenvalue weighted by molar-refractivity contribution is 6.30. The minimum atomic E-state index is -1.28. The number of methoxy groups -OCH3 is 1. The van der Waals surface area contributed by atoms with Crippen molar-refractivity contribution in [2.24, 2.45) is 0 Å². The molecule has 1 heterocycles. The molecule has 0 saturated carbocycles. The molecule has 0 aliphatic carbocycles. The van der Waals surface area contributed by atoms with E-state index in [1.54, 1.807) is 55.5 Å². The lowest BCUT2D eigenvalue weighted by Gasteiger charge is -2.22. The van der Waals surface area contributed by atoms with Crippen LogP contribution in [0.5, 0.6) is 5.75 Å². The maximum atomic E-state index is 12.9. The van der Waals surface area contributed by atoms with Gasteiger partial charge in [-0.15, -0.1) is 0 Å². The Bertz CT molecular complexity index is 1030. The van der Waals surface area contributed by atoms with Gasteiger partial charge in [0.05, 0.1) is 7.11 Å². The molecule has 2 aromatic rings. The molecule has 3 N–H and O–H groups in total. The molecule has 32 heavy (non-hydrogen) atoms. The summed E-state index contributed by atoms with van der Waals surface area (Å²) >= 11 is 5.79. The summed E-state index contributed by atoms with van der Waals surface area (Å²) in [7, 11) is 1.53. The molecular weight excluding hydrogens is 436 g/mol. The second-order valence-corrected chi connectivity index (χ2v) is 7.72. The number of urea groups is 1. The number of carbonyl (C=O) groups excluding carboxylic acids is 4. The van der Waals surface area contributed by atoms with Gasteiger partial charge in [0.25, 0.3) is 11.8 Å². The Hall–Kier alpha value is -3.59. The predicted molar refractivity (Wildman–Crippen MR) is 117 cm³/mol. The minimum absolute atomic E-state index is 0.136. The minimum Gasteiger partial charge on any atom is -0.497 e. The van der Waals surface area contributed by atoms with E-state index in [2.05, 4.69) is 16.0 Å². The molecule has 2 aromatic carbocycles. The van der Waals surface area contributed by atoms with Crippen LogP contribution in [0.3, 0.4) is 0 Å². The van der Waals surface area contributed by atoms with Gasteiger partial charge in [-0.05, 0) is 48.9 Å². The molecule has 1 saturated heterocycles. The van der Waals surface area contributed by atoms with Gasteiger partial charge < -0.3 is 20.7 Å². The number of carbonyl (C=O) groups is 4. The molecule has 9 nitrogen and oxygen atoms in total. The largest absolute Gasteiger partial charge is 0.497 e. The predicted octanol–water partition coefficient (Wildman–Crippen LogP) is 1.66. The third-order valence-electron chi connectivity index (χ3n) is 5.08. The monoisotopic (exact) mass is 458 g/mol. The number of ether oxygens (including phenoxy) is 1. The van der Waals surface area contributed by atoms with E-state index in [4.69, 9.17) is 16.3 Å². The van der Waals surface area contributed by atoms with Gasteiger partial charge in [-0.3, -0.25) is 19.3 Å². The summed E-state index contributed by atoms with van der Waals surface area (Å²) in [6.07, 6.45) is 0. The van der Waals surface area contributed by atoms with Gasteiger partial charge in [0.2, 0.25) is 5.91 Å². The highest BCUT2D eigenvalue weighted by Crippen LogP contribution is 2.29. The Kier molecular flexibility index (Phi) is 6.99. The normalized spacial score (nSPS) is 17.7. The van der Waals surface area contributed by atoms with E-state index < -0.39 is 29.9 Å². The van der Waals surface area contributed by atoms with Crippen molar-refractivity contribution in [1.82, 2.24) is 20.9 Å². The summed E-state index contributed by atoms with van der Waals surface area (Å²) in [6.45, 7) is 1.47. The Morgan fingerprint density at radius 1 is 1.03 bits per heavy atom. The number of imide groups is 1. The van der Waals surface area contributed by atoms with Crippen LogP contribution in [-0.2, 0) is 15.1 Å². The van der Waals surface area contributed by atoms with Gasteiger partial charge in [0, 0.05) is 23.7 Å². The van der Waals surface area contributed by atoms with Crippen molar-refractivity contribution in [2.45, 2.75) is 12.5 Å². The van der Waals surface area contributed by atoms with E-state index in [0.717, 1.165) is 4.90 Å². The summed E-state index contributed by atoms with van der Waals surface area (Å²) < 4.78 is 5.11. The molecule has 3 rings (SSSR count). The number of nitrogens with zero attached hydrogens (tertiary/aromatic N) is 1. The highest BCUT2D eigenvalue weighted by atomic mass is 35.5. The molecule has 0 radical (unpaired) electrons. The first kappa shape index (κ1) is 23.1. The summed E-state index contributed by atoms with van der Waals surface area (Å²) in [4.78, 5) is 50.4. The van der Waals surface area contributed by atoms with Crippen molar-refractivity contribution in [3.8, 4) is 5.75 Å². The first-order valence-electron chi connectivity index (χ1n) is 9.83. The van der Waals surface area contributed by atoms with E-state index in [1.165, 1.54) is 7.11 Å². The van der Waals surface area contributed by atoms with Crippen molar-refractivity contribution in [1.29, 1.82) is 0 Å². The van der Waals surface area contributed by atoms with Crippen molar-refractivity contribution in [2.75, 3.05) is 26.7 Å². The highest BCUT2D eigenvalue weighted by Gasteiger charge is 2.49. The number of nitrogens with one attached hydrogen (secondary N) is 3. The molecule has 0 spiro atoms. The van der Waals surface area contributed by atoms with Crippen LogP contribution in [0, 0.1) is 0 Å². The molecule has 168 valence electrons. The summed E-state index contributed by atoms with van der Waals surface area (Å²) in [5, 5.41) is 8.41. The van der Waals surface area contributed by atoms with Crippen LogP contribution in [0.25, 0.3) is 0 Å². The fraction of sp³-hybridized carbons (Fsp3) is 0.273. The number of hydrogen-bond donors (Lipinski definition) is 3. The Morgan fingerprint density at radius 2 is 1.66 bits per heavy atom. The number of hydrogen-bond acceptors (Lipinski definition) is 5. The maximum absolute atomic E-state index is 12.9. The zero-order valence-corrected chi connectivity index (χ0v) is 18.4. The van der Waals surface area contributed by atoms with Crippen LogP contribution in [0.1, 0.15) is 22.8 Å². The molecule has 1 unspecified atom stereocenters. The van der Waals surface area contributed by atoms with E-state index in [1.807, 2.05) is 0 Å². The third-order valence-corrected chi connectivity index (χ3v) is 5.34.